The van der Waals surface area contributed by atoms with Crippen molar-refractivity contribution in [2.75, 3.05) is 32.7 Å². The van der Waals surface area contributed by atoms with Crippen LogP contribution in [0.3, 0.4) is 0 Å². The van der Waals surface area contributed by atoms with E-state index in [2.05, 4.69) is 29.4 Å². The topological polar surface area (TPSA) is 44.4 Å². The van der Waals surface area contributed by atoms with Gasteiger partial charge < -0.3 is 15.5 Å². The Morgan fingerprint density at radius 2 is 2.28 bits per heavy atom. The molecule has 2 saturated heterocycles. The quantitative estimate of drug-likeness (QED) is 0.780. The van der Waals surface area contributed by atoms with E-state index in [1.165, 1.54) is 13.0 Å². The van der Waals surface area contributed by atoms with Gasteiger partial charge in [0, 0.05) is 25.0 Å². The molecule has 0 aromatic rings. The number of carbonyl (C=O) groups is 1. The lowest BCUT2D eigenvalue weighted by Crippen LogP contribution is -2.43. The van der Waals surface area contributed by atoms with Crippen LogP contribution in [0, 0.1) is 11.8 Å². The average molecular weight is 253 g/mol. The highest BCUT2D eigenvalue weighted by molar-refractivity contribution is 5.78. The van der Waals surface area contributed by atoms with Gasteiger partial charge in [-0.05, 0) is 51.7 Å². The first-order valence-electron chi connectivity index (χ1n) is 7.42. The van der Waals surface area contributed by atoms with Crippen LogP contribution >= 0.6 is 0 Å². The fourth-order valence-electron chi connectivity index (χ4n) is 3.13. The molecule has 0 aliphatic carbocycles. The highest BCUT2D eigenvalue weighted by Crippen LogP contribution is 2.18. The van der Waals surface area contributed by atoms with Crippen molar-refractivity contribution in [3.63, 3.8) is 0 Å². The van der Waals surface area contributed by atoms with Gasteiger partial charge in [-0.25, -0.2) is 0 Å². The highest BCUT2D eigenvalue weighted by atomic mass is 16.1. The van der Waals surface area contributed by atoms with Crippen LogP contribution in [-0.2, 0) is 4.79 Å². The van der Waals surface area contributed by atoms with Crippen LogP contribution in [0.25, 0.3) is 0 Å². The van der Waals surface area contributed by atoms with Crippen LogP contribution in [0.15, 0.2) is 0 Å². The van der Waals surface area contributed by atoms with Crippen LogP contribution in [0.4, 0.5) is 0 Å². The predicted molar refractivity (Wildman–Crippen MR) is 73.4 cm³/mol. The monoisotopic (exact) mass is 253 g/mol. The standard InChI is InChI=1S/C14H27N3O/c1-3-17-7-5-12(10-17)9-16-14(18)13-4-6-15-11(2)8-13/h11-13,15H,3-10H2,1-2H3,(H,16,18). The first kappa shape index (κ1) is 13.8. The Hall–Kier alpha value is -0.610. The van der Waals surface area contributed by atoms with Gasteiger partial charge in [-0.3, -0.25) is 4.79 Å². The van der Waals surface area contributed by atoms with Crippen LogP contribution < -0.4 is 10.6 Å². The molecule has 18 heavy (non-hydrogen) atoms. The van der Waals surface area contributed by atoms with Gasteiger partial charge in [0.15, 0.2) is 0 Å². The van der Waals surface area contributed by atoms with Crippen molar-refractivity contribution in [3.8, 4) is 0 Å². The Bertz CT molecular complexity index is 282. The van der Waals surface area contributed by atoms with E-state index in [-0.39, 0.29) is 11.8 Å². The zero-order valence-electron chi connectivity index (χ0n) is 11.7. The molecule has 0 aromatic carbocycles. The molecular weight excluding hydrogens is 226 g/mol. The minimum atomic E-state index is 0.227. The molecule has 4 nitrogen and oxygen atoms in total. The number of nitrogens with zero attached hydrogens (tertiary/aromatic N) is 1. The minimum Gasteiger partial charge on any atom is -0.356 e. The van der Waals surface area contributed by atoms with Gasteiger partial charge in [0.1, 0.15) is 0 Å². The van der Waals surface area contributed by atoms with Crippen molar-refractivity contribution < 1.29 is 4.79 Å². The van der Waals surface area contributed by atoms with Crippen LogP contribution in [0.2, 0.25) is 0 Å². The molecule has 2 aliphatic rings. The van der Waals surface area contributed by atoms with Crippen LogP contribution in [0.5, 0.6) is 0 Å². The first-order valence-corrected chi connectivity index (χ1v) is 7.42. The molecule has 2 N–H and O–H groups in total. The summed E-state index contributed by atoms with van der Waals surface area (Å²) in [6.45, 7) is 9.70. The summed E-state index contributed by atoms with van der Waals surface area (Å²) in [5.41, 5.74) is 0. The molecule has 2 fully saturated rings. The first-order chi connectivity index (χ1) is 8.69. The molecule has 1 amide bonds. The van der Waals surface area contributed by atoms with Gasteiger partial charge in [-0.1, -0.05) is 6.92 Å². The van der Waals surface area contributed by atoms with E-state index in [1.807, 2.05) is 0 Å². The third kappa shape index (κ3) is 3.69. The number of amides is 1. The number of carbonyl (C=O) groups excluding carboxylic acids is 1. The Kier molecular flexibility index (Phi) is 5.01. The van der Waals surface area contributed by atoms with Gasteiger partial charge in [-0.15, -0.1) is 0 Å². The van der Waals surface area contributed by atoms with E-state index in [0.29, 0.717) is 12.0 Å². The third-order valence-corrected chi connectivity index (χ3v) is 4.38. The van der Waals surface area contributed by atoms with Gasteiger partial charge in [0.05, 0.1) is 0 Å². The SMILES string of the molecule is CCN1CCC(CNC(=O)C2CCNC(C)C2)C1. The molecule has 104 valence electrons. The molecule has 0 aromatic heterocycles. The lowest BCUT2D eigenvalue weighted by molar-refractivity contribution is -0.126. The minimum absolute atomic E-state index is 0.227. The molecule has 3 unspecified atom stereocenters. The van der Waals surface area contributed by atoms with Gasteiger partial charge >= 0.3 is 0 Å². The van der Waals surface area contributed by atoms with Crippen molar-refractivity contribution in [1.82, 2.24) is 15.5 Å². The molecule has 2 heterocycles. The fraction of sp³-hybridized carbons (Fsp3) is 0.929. The summed E-state index contributed by atoms with van der Waals surface area (Å²) in [7, 11) is 0. The second-order valence-electron chi connectivity index (χ2n) is 5.87. The smallest absolute Gasteiger partial charge is 0.223 e. The molecule has 4 heteroatoms. The molecule has 2 aliphatic heterocycles. The second kappa shape index (κ2) is 6.53. The summed E-state index contributed by atoms with van der Waals surface area (Å²) in [6.07, 6.45) is 3.20. The molecule has 0 radical (unpaired) electrons. The zero-order chi connectivity index (χ0) is 13.0. The maximum atomic E-state index is 12.1. The molecule has 2 rings (SSSR count). The number of piperidine rings is 1. The lowest BCUT2D eigenvalue weighted by atomic mass is 9.92. The Balaban J connectivity index is 1.68. The maximum absolute atomic E-state index is 12.1. The number of hydrogen-bond acceptors (Lipinski definition) is 3. The summed E-state index contributed by atoms with van der Waals surface area (Å²) in [5.74, 6) is 1.16. The van der Waals surface area contributed by atoms with Crippen LogP contribution in [-0.4, -0.2) is 49.6 Å². The Labute approximate surface area is 110 Å². The summed E-state index contributed by atoms with van der Waals surface area (Å²) in [6, 6.07) is 0.483. The molecule has 3 atom stereocenters. The number of likely N-dealkylation sites (tertiary alicyclic amines) is 1. The van der Waals surface area contributed by atoms with Gasteiger partial charge in [0.25, 0.3) is 0 Å². The summed E-state index contributed by atoms with van der Waals surface area (Å²) in [5, 5.41) is 6.56. The van der Waals surface area contributed by atoms with E-state index in [4.69, 9.17) is 0 Å². The van der Waals surface area contributed by atoms with E-state index >= 15 is 0 Å². The van der Waals surface area contributed by atoms with Crippen molar-refractivity contribution in [3.05, 3.63) is 0 Å². The largest absolute Gasteiger partial charge is 0.356 e. The summed E-state index contributed by atoms with van der Waals surface area (Å²) in [4.78, 5) is 14.6. The van der Waals surface area contributed by atoms with E-state index < -0.39 is 0 Å². The van der Waals surface area contributed by atoms with Gasteiger partial charge in [-0.2, -0.15) is 0 Å². The Morgan fingerprint density at radius 1 is 1.44 bits per heavy atom. The highest BCUT2D eigenvalue weighted by Gasteiger charge is 2.26. The normalized spacial score (nSPS) is 33.6. The third-order valence-electron chi connectivity index (χ3n) is 4.38. The van der Waals surface area contributed by atoms with E-state index in [1.54, 1.807) is 0 Å². The van der Waals surface area contributed by atoms with Crippen molar-refractivity contribution in [2.45, 2.75) is 39.2 Å². The number of hydrogen-bond donors (Lipinski definition) is 2. The van der Waals surface area contributed by atoms with Crippen LogP contribution in [0.1, 0.15) is 33.1 Å². The van der Waals surface area contributed by atoms with E-state index in [9.17, 15) is 4.79 Å². The Morgan fingerprint density at radius 3 is 2.94 bits per heavy atom. The van der Waals surface area contributed by atoms with Crippen molar-refractivity contribution in [2.24, 2.45) is 11.8 Å². The van der Waals surface area contributed by atoms with Crippen molar-refractivity contribution in [1.29, 1.82) is 0 Å². The maximum Gasteiger partial charge on any atom is 0.223 e. The van der Waals surface area contributed by atoms with Gasteiger partial charge in [0.2, 0.25) is 5.91 Å². The fourth-order valence-corrected chi connectivity index (χ4v) is 3.13. The molecule has 0 spiro atoms. The predicted octanol–water partition coefficient (Wildman–Crippen LogP) is 0.833. The number of rotatable bonds is 4. The molecular formula is C14H27N3O. The van der Waals surface area contributed by atoms with Crippen molar-refractivity contribution >= 4 is 5.91 Å². The zero-order valence-corrected chi connectivity index (χ0v) is 11.7. The van der Waals surface area contributed by atoms with E-state index in [0.717, 1.165) is 39.0 Å². The average Bonchev–Trinajstić information content (AvgIpc) is 2.84. The molecule has 0 bridgehead atoms. The summed E-state index contributed by atoms with van der Waals surface area (Å²) < 4.78 is 0. The second-order valence-corrected chi connectivity index (χ2v) is 5.87. The number of nitrogens with one attached hydrogen (secondary N) is 2. The lowest BCUT2D eigenvalue weighted by Gasteiger charge is -2.27. The molecule has 0 saturated carbocycles. The summed E-state index contributed by atoms with van der Waals surface area (Å²) >= 11 is 0.